The SMILES string of the molecule is CCNC(=O)[C@@H]1C[C@H](N)CN1Cc1cc(=O)n2nc(C3CC3)sc2n1. The molecule has 8 nitrogen and oxygen atoms in total. The standard InChI is InChI=1S/C16H22N6O2S/c1-2-18-14(24)12-5-10(17)7-21(12)8-11-6-13(23)22-16(19-11)25-15(20-22)9-3-4-9/h6,9-10,12H,2-5,7-8,17H2,1H3,(H,18,24)/t10-,12-/m0/s1. The van der Waals surface area contributed by atoms with Crippen molar-refractivity contribution in [2.24, 2.45) is 5.73 Å². The molecule has 2 atom stereocenters. The van der Waals surface area contributed by atoms with Crippen molar-refractivity contribution in [2.45, 2.75) is 50.7 Å². The Morgan fingerprint density at radius 1 is 1.48 bits per heavy atom. The third-order valence-electron chi connectivity index (χ3n) is 4.69. The van der Waals surface area contributed by atoms with Gasteiger partial charge in [0.25, 0.3) is 5.56 Å². The Bertz CT molecular complexity index is 858. The van der Waals surface area contributed by atoms with Gasteiger partial charge >= 0.3 is 0 Å². The third kappa shape index (κ3) is 3.31. The lowest BCUT2D eigenvalue weighted by molar-refractivity contribution is -0.125. The molecule has 2 aromatic heterocycles. The highest BCUT2D eigenvalue weighted by atomic mass is 32.1. The van der Waals surface area contributed by atoms with Crippen LogP contribution in [0.15, 0.2) is 10.9 Å². The molecule has 1 aliphatic heterocycles. The number of likely N-dealkylation sites (tertiary alicyclic amines) is 1. The summed E-state index contributed by atoms with van der Waals surface area (Å²) in [5.41, 5.74) is 6.55. The zero-order valence-corrected chi connectivity index (χ0v) is 15.0. The monoisotopic (exact) mass is 362 g/mol. The number of hydrogen-bond donors (Lipinski definition) is 2. The minimum Gasteiger partial charge on any atom is -0.355 e. The van der Waals surface area contributed by atoms with Crippen LogP contribution in [0.1, 0.15) is 42.8 Å². The fraction of sp³-hybridized carbons (Fsp3) is 0.625. The molecule has 1 amide bonds. The van der Waals surface area contributed by atoms with Gasteiger partial charge in [0.05, 0.1) is 11.7 Å². The molecule has 0 bridgehead atoms. The zero-order chi connectivity index (χ0) is 17.6. The molecular formula is C16H22N6O2S. The first-order chi connectivity index (χ1) is 12.0. The number of amides is 1. The van der Waals surface area contributed by atoms with Gasteiger partial charge in [0.1, 0.15) is 5.01 Å². The molecule has 0 radical (unpaired) electrons. The van der Waals surface area contributed by atoms with E-state index in [1.165, 1.54) is 21.9 Å². The Morgan fingerprint density at radius 2 is 2.28 bits per heavy atom. The number of fused-ring (bicyclic) bond motifs is 1. The largest absolute Gasteiger partial charge is 0.355 e. The van der Waals surface area contributed by atoms with Gasteiger partial charge in [-0.15, -0.1) is 0 Å². The van der Waals surface area contributed by atoms with E-state index in [1.54, 1.807) is 0 Å². The Kier molecular flexibility index (Phi) is 4.30. The van der Waals surface area contributed by atoms with Gasteiger partial charge in [-0.1, -0.05) is 11.3 Å². The summed E-state index contributed by atoms with van der Waals surface area (Å²) >= 11 is 1.49. The summed E-state index contributed by atoms with van der Waals surface area (Å²) in [6, 6.07) is 1.21. The number of rotatable bonds is 5. The molecule has 1 saturated carbocycles. The van der Waals surface area contributed by atoms with Crippen LogP contribution in [0.25, 0.3) is 4.96 Å². The quantitative estimate of drug-likeness (QED) is 0.780. The Balaban J connectivity index is 1.58. The highest BCUT2D eigenvalue weighted by Gasteiger charge is 2.35. The maximum Gasteiger partial charge on any atom is 0.275 e. The molecule has 3 heterocycles. The van der Waals surface area contributed by atoms with Gasteiger partial charge in [-0.05, 0) is 26.2 Å². The summed E-state index contributed by atoms with van der Waals surface area (Å²) in [4.78, 5) is 31.8. The highest BCUT2D eigenvalue weighted by molar-refractivity contribution is 7.16. The first kappa shape index (κ1) is 16.6. The number of aromatic nitrogens is 3. The number of nitrogens with zero attached hydrogens (tertiary/aromatic N) is 4. The van der Waals surface area contributed by atoms with E-state index in [2.05, 4.69) is 15.4 Å². The molecule has 0 unspecified atom stereocenters. The lowest BCUT2D eigenvalue weighted by atomic mass is 10.1. The summed E-state index contributed by atoms with van der Waals surface area (Å²) in [6.45, 7) is 3.56. The fourth-order valence-corrected chi connectivity index (χ4v) is 4.43. The van der Waals surface area contributed by atoms with Crippen molar-refractivity contribution in [3.63, 3.8) is 0 Å². The number of carbonyl (C=O) groups excluding carboxylic acids is 1. The van der Waals surface area contributed by atoms with E-state index in [9.17, 15) is 9.59 Å². The molecule has 1 aliphatic carbocycles. The lowest BCUT2D eigenvalue weighted by Gasteiger charge is -2.22. The van der Waals surface area contributed by atoms with E-state index < -0.39 is 0 Å². The first-order valence-electron chi connectivity index (χ1n) is 8.72. The van der Waals surface area contributed by atoms with E-state index in [0.29, 0.717) is 42.6 Å². The van der Waals surface area contributed by atoms with Crippen molar-refractivity contribution in [1.29, 1.82) is 0 Å². The predicted octanol–water partition coefficient (Wildman–Crippen LogP) is 0.0661. The van der Waals surface area contributed by atoms with Crippen LogP contribution >= 0.6 is 11.3 Å². The van der Waals surface area contributed by atoms with Gasteiger partial charge in [0.2, 0.25) is 10.9 Å². The maximum atomic E-state index is 12.4. The average Bonchev–Trinajstić information content (AvgIpc) is 3.22. The number of nitrogens with one attached hydrogen (secondary N) is 1. The van der Waals surface area contributed by atoms with E-state index >= 15 is 0 Å². The second-order valence-corrected chi connectivity index (χ2v) is 7.82. The molecule has 0 spiro atoms. The van der Waals surface area contributed by atoms with E-state index in [0.717, 1.165) is 17.8 Å². The van der Waals surface area contributed by atoms with Crippen LogP contribution in [0.5, 0.6) is 0 Å². The van der Waals surface area contributed by atoms with Crippen LogP contribution in [0.3, 0.4) is 0 Å². The molecule has 9 heteroatoms. The number of nitrogens with two attached hydrogens (primary N) is 1. The first-order valence-corrected chi connectivity index (χ1v) is 9.54. The Labute approximate surface area is 149 Å². The maximum absolute atomic E-state index is 12.4. The van der Waals surface area contributed by atoms with Gasteiger partial charge < -0.3 is 11.1 Å². The van der Waals surface area contributed by atoms with Gasteiger partial charge in [-0.2, -0.15) is 9.61 Å². The molecular weight excluding hydrogens is 340 g/mol. The lowest BCUT2D eigenvalue weighted by Crippen LogP contribution is -2.43. The molecule has 2 aliphatic rings. The van der Waals surface area contributed by atoms with E-state index in [4.69, 9.17) is 5.73 Å². The van der Waals surface area contributed by atoms with Gasteiger partial charge in [-0.25, -0.2) is 4.98 Å². The van der Waals surface area contributed by atoms with Crippen LogP contribution in [0.2, 0.25) is 0 Å². The molecule has 2 fully saturated rings. The molecule has 25 heavy (non-hydrogen) atoms. The summed E-state index contributed by atoms with van der Waals surface area (Å²) in [7, 11) is 0. The topological polar surface area (TPSA) is 106 Å². The second kappa shape index (κ2) is 6.47. The van der Waals surface area contributed by atoms with Crippen molar-refractivity contribution in [1.82, 2.24) is 24.8 Å². The zero-order valence-electron chi connectivity index (χ0n) is 14.1. The highest BCUT2D eigenvalue weighted by Crippen LogP contribution is 2.41. The van der Waals surface area contributed by atoms with Gasteiger partial charge in [0.15, 0.2) is 0 Å². The van der Waals surface area contributed by atoms with Crippen LogP contribution in [-0.4, -0.2) is 50.6 Å². The van der Waals surface area contributed by atoms with Crippen molar-refractivity contribution in [3.8, 4) is 0 Å². The van der Waals surface area contributed by atoms with Gasteiger partial charge in [-0.3, -0.25) is 14.5 Å². The minimum absolute atomic E-state index is 0.0120. The second-order valence-electron chi connectivity index (χ2n) is 6.83. The molecule has 1 saturated heterocycles. The van der Waals surface area contributed by atoms with Gasteiger partial charge in [0, 0.05) is 37.7 Å². The molecule has 134 valence electrons. The molecule has 3 N–H and O–H groups in total. The van der Waals surface area contributed by atoms with E-state index in [-0.39, 0.29) is 23.6 Å². The van der Waals surface area contributed by atoms with Crippen molar-refractivity contribution in [2.75, 3.05) is 13.1 Å². The Hall–Kier alpha value is -1.84. The predicted molar refractivity (Wildman–Crippen MR) is 94.6 cm³/mol. The van der Waals surface area contributed by atoms with Crippen LogP contribution in [-0.2, 0) is 11.3 Å². The number of carbonyl (C=O) groups is 1. The summed E-state index contributed by atoms with van der Waals surface area (Å²) < 4.78 is 1.39. The van der Waals surface area contributed by atoms with Crippen LogP contribution < -0.4 is 16.6 Å². The minimum atomic E-state index is -0.265. The number of likely N-dealkylation sites (N-methyl/N-ethyl adjacent to an activating group) is 1. The third-order valence-corrected chi connectivity index (χ3v) is 5.77. The Morgan fingerprint density at radius 3 is 3.00 bits per heavy atom. The molecule has 0 aromatic carbocycles. The van der Waals surface area contributed by atoms with Crippen LogP contribution in [0, 0.1) is 0 Å². The van der Waals surface area contributed by atoms with Crippen molar-refractivity contribution < 1.29 is 4.79 Å². The fourth-order valence-electron chi connectivity index (χ4n) is 3.33. The van der Waals surface area contributed by atoms with Crippen LogP contribution in [0.4, 0.5) is 0 Å². The van der Waals surface area contributed by atoms with E-state index in [1.807, 2.05) is 11.8 Å². The summed E-state index contributed by atoms with van der Waals surface area (Å²) in [5.74, 6) is 0.482. The summed E-state index contributed by atoms with van der Waals surface area (Å²) in [6.07, 6.45) is 2.90. The van der Waals surface area contributed by atoms with Crippen molar-refractivity contribution >= 4 is 22.2 Å². The average molecular weight is 362 g/mol. The van der Waals surface area contributed by atoms with Crippen molar-refractivity contribution in [3.05, 3.63) is 27.1 Å². The molecule has 2 aromatic rings. The smallest absolute Gasteiger partial charge is 0.275 e. The number of hydrogen-bond acceptors (Lipinski definition) is 7. The normalized spacial score (nSPS) is 24.1. The molecule has 4 rings (SSSR count). The summed E-state index contributed by atoms with van der Waals surface area (Å²) in [5, 5.41) is 8.24.